The van der Waals surface area contributed by atoms with Crippen molar-refractivity contribution in [3.05, 3.63) is 32.4 Å². The van der Waals surface area contributed by atoms with Gasteiger partial charge in [-0.25, -0.2) is 0 Å². The molecule has 24 heavy (non-hydrogen) atoms. The van der Waals surface area contributed by atoms with Crippen LogP contribution in [0.4, 0.5) is 0 Å². The molecule has 1 aromatic carbocycles. The Morgan fingerprint density at radius 2 is 1.21 bits per heavy atom. The maximum atomic E-state index is 9.98. The van der Waals surface area contributed by atoms with Gasteiger partial charge in [0.2, 0.25) is 0 Å². The highest BCUT2D eigenvalue weighted by Crippen LogP contribution is 2.26. The first kappa shape index (κ1) is 20.9. The predicted molar refractivity (Wildman–Crippen MR) is 103 cm³/mol. The van der Waals surface area contributed by atoms with Crippen LogP contribution < -0.4 is 0 Å². The molecule has 2 fully saturated rings. The zero-order chi connectivity index (χ0) is 18.3. The molecule has 0 heterocycles. The summed E-state index contributed by atoms with van der Waals surface area (Å²) < 4.78 is 1.39. The van der Waals surface area contributed by atoms with Crippen LogP contribution in [0.5, 0.6) is 0 Å². The van der Waals surface area contributed by atoms with Gasteiger partial charge >= 0.3 is 11.9 Å². The maximum Gasteiger partial charge on any atom is 0.306 e. The van der Waals surface area contributed by atoms with Crippen molar-refractivity contribution in [2.24, 2.45) is 11.8 Å². The van der Waals surface area contributed by atoms with Crippen molar-refractivity contribution in [2.45, 2.75) is 59.3 Å². The van der Waals surface area contributed by atoms with E-state index >= 15 is 0 Å². The van der Waals surface area contributed by atoms with Gasteiger partial charge in [-0.3, -0.25) is 9.59 Å². The van der Waals surface area contributed by atoms with E-state index in [0.717, 1.165) is 38.5 Å². The number of aliphatic carboxylic acids is 2. The monoisotopic (exact) mass is 446 g/mol. The summed E-state index contributed by atoms with van der Waals surface area (Å²) in [6, 6.07) is 4.43. The summed E-state index contributed by atoms with van der Waals surface area (Å²) in [5.74, 6) is -1.24. The van der Waals surface area contributed by atoms with Gasteiger partial charge in [-0.05, 0) is 80.2 Å². The Bertz CT molecular complexity index is 528. The molecule has 0 saturated heterocycles. The first-order valence-electron chi connectivity index (χ1n) is 8.41. The van der Waals surface area contributed by atoms with Gasteiger partial charge in [0.15, 0.2) is 0 Å². The van der Waals surface area contributed by atoms with Gasteiger partial charge in [-0.1, -0.05) is 30.5 Å². The molecule has 134 valence electrons. The van der Waals surface area contributed by atoms with Gasteiger partial charge in [0.25, 0.3) is 0 Å². The fraction of sp³-hybridized carbons (Fsp3) is 0.579. The molecule has 0 bridgehead atoms. The van der Waals surface area contributed by atoms with Crippen LogP contribution >= 0.6 is 22.6 Å². The molecule has 0 aliphatic heterocycles. The van der Waals surface area contributed by atoms with Gasteiger partial charge in [-0.15, -0.1) is 0 Å². The van der Waals surface area contributed by atoms with Crippen molar-refractivity contribution in [1.29, 1.82) is 0 Å². The molecule has 0 unspecified atom stereocenters. The lowest BCUT2D eigenvalue weighted by molar-refractivity contribution is -0.145. The molecule has 3 rings (SSSR count). The predicted octanol–water partition coefficient (Wildman–Crippen LogP) is 4.96. The third kappa shape index (κ3) is 6.79. The minimum absolute atomic E-state index is 0.000000000000000444. The molecule has 5 heteroatoms. The van der Waals surface area contributed by atoms with Crippen molar-refractivity contribution in [3.8, 4) is 0 Å². The molecule has 0 amide bonds. The average Bonchev–Trinajstić information content (AvgIpc) is 2.31. The fourth-order valence-corrected chi connectivity index (χ4v) is 2.78. The van der Waals surface area contributed by atoms with Crippen molar-refractivity contribution in [1.82, 2.24) is 0 Å². The minimum Gasteiger partial charge on any atom is -0.481 e. The fourth-order valence-electron chi connectivity index (χ4n) is 2.47. The number of aryl methyl sites for hydroxylation is 3. The lowest BCUT2D eigenvalue weighted by Crippen LogP contribution is -2.20. The molecule has 0 atom stereocenters. The summed E-state index contributed by atoms with van der Waals surface area (Å²) in [4.78, 5) is 20.0. The highest BCUT2D eigenvalue weighted by molar-refractivity contribution is 14.1. The zero-order valence-corrected chi connectivity index (χ0v) is 16.8. The number of hydrogen-bond donors (Lipinski definition) is 2. The lowest BCUT2D eigenvalue weighted by atomic mass is 9.86. The number of halogens is 1. The molecule has 0 aromatic heterocycles. The molecule has 2 aliphatic carbocycles. The van der Waals surface area contributed by atoms with E-state index in [4.69, 9.17) is 10.2 Å². The van der Waals surface area contributed by atoms with E-state index < -0.39 is 11.9 Å². The summed E-state index contributed by atoms with van der Waals surface area (Å²) >= 11 is 2.39. The Labute approximate surface area is 157 Å². The average molecular weight is 446 g/mol. The standard InChI is InChI=1S/C9H11I.2C5H8O2/c1-6-4-7(2)9(10)8(3)5-6;2*6-5(7)4-2-1-3-4/h4-5H,1-3H3;2*4H,1-3H2,(H,6,7). The van der Waals surface area contributed by atoms with Crippen LogP contribution in [-0.2, 0) is 9.59 Å². The summed E-state index contributed by atoms with van der Waals surface area (Å²) in [6.45, 7) is 6.44. The maximum absolute atomic E-state index is 9.98. The molecule has 2 saturated carbocycles. The van der Waals surface area contributed by atoms with Gasteiger partial charge in [-0.2, -0.15) is 0 Å². The normalized spacial score (nSPS) is 16.5. The SMILES string of the molecule is Cc1cc(C)c(I)c(C)c1.O=C(O)C1CCC1.O=C(O)C1CCC1. The molecule has 1 aromatic rings. The van der Waals surface area contributed by atoms with Gasteiger partial charge in [0.05, 0.1) is 11.8 Å². The van der Waals surface area contributed by atoms with E-state index in [-0.39, 0.29) is 11.8 Å². The number of hydrogen-bond acceptors (Lipinski definition) is 2. The molecular weight excluding hydrogens is 419 g/mol. The quantitative estimate of drug-likeness (QED) is 0.630. The third-order valence-electron chi connectivity index (χ3n) is 4.49. The number of carbonyl (C=O) groups is 2. The van der Waals surface area contributed by atoms with Crippen molar-refractivity contribution < 1.29 is 19.8 Å². The number of carboxylic acids is 2. The van der Waals surface area contributed by atoms with Crippen molar-refractivity contribution in [3.63, 3.8) is 0 Å². The molecule has 0 radical (unpaired) electrons. The number of benzene rings is 1. The first-order valence-corrected chi connectivity index (χ1v) is 9.49. The summed E-state index contributed by atoms with van der Waals surface area (Å²) in [6.07, 6.45) is 5.81. The van der Waals surface area contributed by atoms with Crippen molar-refractivity contribution >= 4 is 34.5 Å². The van der Waals surface area contributed by atoms with E-state index in [1.54, 1.807) is 0 Å². The highest BCUT2D eigenvalue weighted by atomic mass is 127. The van der Waals surface area contributed by atoms with Crippen molar-refractivity contribution in [2.75, 3.05) is 0 Å². The molecule has 0 spiro atoms. The van der Waals surface area contributed by atoms with Crippen LogP contribution in [0.1, 0.15) is 55.2 Å². The number of rotatable bonds is 2. The molecule has 4 nitrogen and oxygen atoms in total. The highest BCUT2D eigenvalue weighted by Gasteiger charge is 2.24. The second-order valence-corrected chi connectivity index (χ2v) is 7.72. The van der Waals surface area contributed by atoms with Gasteiger partial charge in [0, 0.05) is 3.57 Å². The Balaban J connectivity index is 0.000000185. The Kier molecular flexibility index (Phi) is 8.73. The Morgan fingerprint density at radius 1 is 0.875 bits per heavy atom. The first-order chi connectivity index (χ1) is 11.2. The smallest absolute Gasteiger partial charge is 0.306 e. The van der Waals surface area contributed by atoms with Gasteiger partial charge < -0.3 is 10.2 Å². The molecular formula is C19H27IO4. The summed E-state index contributed by atoms with van der Waals surface area (Å²) in [5.41, 5.74) is 4.13. The summed E-state index contributed by atoms with van der Waals surface area (Å²) in [7, 11) is 0. The Hall–Kier alpha value is -1.11. The number of carboxylic acid groups (broad SMARTS) is 2. The van der Waals surface area contributed by atoms with E-state index in [1.807, 2.05) is 0 Å². The van der Waals surface area contributed by atoms with E-state index in [0.29, 0.717) is 0 Å². The van der Waals surface area contributed by atoms with Crippen LogP contribution in [-0.4, -0.2) is 22.2 Å². The zero-order valence-electron chi connectivity index (χ0n) is 14.6. The second kappa shape index (κ2) is 10.0. The molecule has 2 aliphatic rings. The summed E-state index contributed by atoms with van der Waals surface area (Å²) in [5, 5.41) is 16.5. The minimum atomic E-state index is -0.619. The second-order valence-electron chi connectivity index (χ2n) is 6.64. The van der Waals surface area contributed by atoms with Crippen LogP contribution in [0.25, 0.3) is 0 Å². The largest absolute Gasteiger partial charge is 0.481 e. The topological polar surface area (TPSA) is 74.6 Å². The third-order valence-corrected chi connectivity index (χ3v) is 6.19. The van der Waals surface area contributed by atoms with Crippen LogP contribution in [0.2, 0.25) is 0 Å². The van der Waals surface area contributed by atoms with Crippen LogP contribution in [0, 0.1) is 36.2 Å². The van der Waals surface area contributed by atoms with E-state index in [2.05, 4.69) is 55.5 Å². The van der Waals surface area contributed by atoms with Gasteiger partial charge in [0.1, 0.15) is 0 Å². The van der Waals surface area contributed by atoms with Crippen LogP contribution in [0.3, 0.4) is 0 Å². The lowest BCUT2D eigenvalue weighted by Gasteiger charge is -2.19. The Morgan fingerprint density at radius 3 is 1.38 bits per heavy atom. The molecule has 2 N–H and O–H groups in total. The van der Waals surface area contributed by atoms with E-state index in [1.165, 1.54) is 20.3 Å². The van der Waals surface area contributed by atoms with E-state index in [9.17, 15) is 9.59 Å². The van der Waals surface area contributed by atoms with Crippen LogP contribution in [0.15, 0.2) is 12.1 Å².